The van der Waals surface area contributed by atoms with E-state index in [4.69, 9.17) is 5.26 Å². The van der Waals surface area contributed by atoms with E-state index in [0.717, 1.165) is 6.07 Å². The molecule has 3 aromatic rings. The van der Waals surface area contributed by atoms with Crippen molar-refractivity contribution in [1.29, 1.82) is 5.26 Å². The molecule has 0 amide bonds. The van der Waals surface area contributed by atoms with Crippen molar-refractivity contribution in [2.75, 3.05) is 0 Å². The summed E-state index contributed by atoms with van der Waals surface area (Å²) in [6, 6.07) is 3.79. The van der Waals surface area contributed by atoms with Gasteiger partial charge in [0.1, 0.15) is 22.9 Å². The van der Waals surface area contributed by atoms with Crippen LogP contribution in [-0.2, 0) is 17.1 Å². The number of aromatic hydroxyl groups is 1. The summed E-state index contributed by atoms with van der Waals surface area (Å²) in [5.41, 5.74) is -2.77. The number of pyridine rings is 1. The fourth-order valence-electron chi connectivity index (χ4n) is 2.67. The molecule has 0 aliphatic rings. The van der Waals surface area contributed by atoms with E-state index in [-0.39, 0.29) is 33.0 Å². The molecule has 0 saturated heterocycles. The van der Waals surface area contributed by atoms with Gasteiger partial charge >= 0.3 is 0 Å². The minimum atomic E-state index is -1.94. The molecular weight excluding hydrogens is 435 g/mol. The van der Waals surface area contributed by atoms with Crippen LogP contribution in [0.5, 0.6) is 5.88 Å². The van der Waals surface area contributed by atoms with Gasteiger partial charge in [0.15, 0.2) is 29.1 Å². The average molecular weight is 445 g/mol. The summed E-state index contributed by atoms with van der Waals surface area (Å²) in [6.45, 7) is 2.89. The minimum Gasteiger partial charge on any atom is -0.493 e. The van der Waals surface area contributed by atoms with Gasteiger partial charge in [-0.3, -0.25) is 9.78 Å². The van der Waals surface area contributed by atoms with Gasteiger partial charge in [0, 0.05) is 34.5 Å². The fourth-order valence-corrected chi connectivity index (χ4v) is 2.67. The molecule has 6 nitrogen and oxygen atoms in total. The Balaban J connectivity index is 0.00000300. The molecule has 1 radical (unpaired) electrons. The second-order valence-corrected chi connectivity index (χ2v) is 5.80. The van der Waals surface area contributed by atoms with Crippen molar-refractivity contribution >= 4 is 5.78 Å². The zero-order valence-electron chi connectivity index (χ0n) is 14.8. The van der Waals surface area contributed by atoms with Crippen LogP contribution in [0.3, 0.4) is 0 Å². The number of ketones is 1. The van der Waals surface area contributed by atoms with Crippen molar-refractivity contribution < 1.29 is 44.5 Å². The third kappa shape index (κ3) is 3.48. The van der Waals surface area contributed by atoms with Gasteiger partial charge in [-0.2, -0.15) is 15.0 Å². The molecular formula is C18H10F4MnN4O2. The molecule has 0 unspecified atom stereocenters. The third-order valence-corrected chi connectivity index (χ3v) is 3.99. The molecule has 2 heterocycles. The molecule has 11 heteroatoms. The maximum absolute atomic E-state index is 14.3. The zero-order valence-corrected chi connectivity index (χ0v) is 15.9. The first-order valence-corrected chi connectivity index (χ1v) is 7.71. The molecule has 3 rings (SSSR count). The summed E-state index contributed by atoms with van der Waals surface area (Å²) in [6.07, 6.45) is 1.35. The molecule has 0 spiro atoms. The van der Waals surface area contributed by atoms with E-state index in [1.807, 2.05) is 0 Å². The average Bonchev–Trinajstić information content (AvgIpc) is 2.94. The maximum atomic E-state index is 14.3. The van der Waals surface area contributed by atoms with Crippen molar-refractivity contribution in [1.82, 2.24) is 14.8 Å². The number of carbonyl (C=O) groups is 1. The molecule has 1 aromatic carbocycles. The minimum absolute atomic E-state index is 0. The van der Waals surface area contributed by atoms with Gasteiger partial charge < -0.3 is 5.11 Å². The third-order valence-electron chi connectivity index (χ3n) is 3.99. The molecule has 0 bridgehead atoms. The Kier molecular flexibility index (Phi) is 6.11. The van der Waals surface area contributed by atoms with Crippen LogP contribution < -0.4 is 0 Å². The molecule has 1 N–H and O–H groups in total. The second kappa shape index (κ2) is 8.03. The Hall–Kier alpha value is -3.22. The largest absolute Gasteiger partial charge is 0.493 e. The maximum Gasteiger partial charge on any atom is 0.226 e. The molecule has 0 saturated carbocycles. The summed E-state index contributed by atoms with van der Waals surface area (Å²) in [4.78, 5) is 16.6. The first-order chi connectivity index (χ1) is 13.2. The fraction of sp³-hybridized carbons (Fsp3) is 0.111. The van der Waals surface area contributed by atoms with Crippen LogP contribution >= 0.6 is 0 Å². The smallest absolute Gasteiger partial charge is 0.226 e. The van der Waals surface area contributed by atoms with Crippen LogP contribution in [0.4, 0.5) is 17.6 Å². The molecule has 149 valence electrons. The topological polar surface area (TPSA) is 91.8 Å². The summed E-state index contributed by atoms with van der Waals surface area (Å²) >= 11 is 0. The van der Waals surface area contributed by atoms with Crippen molar-refractivity contribution in [3.8, 4) is 17.6 Å². The van der Waals surface area contributed by atoms with Crippen molar-refractivity contribution in [2.45, 2.75) is 13.8 Å². The summed E-state index contributed by atoms with van der Waals surface area (Å²) in [5.74, 6) is -9.51. The van der Waals surface area contributed by atoms with Gasteiger partial charge in [-0.15, -0.1) is 0 Å². The number of nitrogens with zero attached hydrogens (tertiary/aromatic N) is 4. The Morgan fingerprint density at radius 3 is 2.24 bits per heavy atom. The summed E-state index contributed by atoms with van der Waals surface area (Å²) in [5, 5.41) is 22.6. The number of aryl methyl sites for hydroxylation is 2. The first kappa shape index (κ1) is 22.1. The molecule has 0 aliphatic heterocycles. The van der Waals surface area contributed by atoms with Crippen LogP contribution in [-0.4, -0.2) is 25.7 Å². The van der Waals surface area contributed by atoms with Crippen molar-refractivity contribution in [3.63, 3.8) is 0 Å². The Bertz CT molecular complexity index is 1160. The van der Waals surface area contributed by atoms with E-state index in [9.17, 15) is 27.5 Å². The van der Waals surface area contributed by atoms with Crippen molar-refractivity contribution in [3.05, 3.63) is 69.7 Å². The summed E-state index contributed by atoms with van der Waals surface area (Å²) < 4.78 is 56.5. The predicted molar refractivity (Wildman–Crippen MR) is 86.9 cm³/mol. The molecule has 0 fully saturated rings. The van der Waals surface area contributed by atoms with E-state index in [1.54, 1.807) is 6.92 Å². The number of rotatable bonds is 3. The number of benzene rings is 1. The van der Waals surface area contributed by atoms with Gasteiger partial charge in [0.25, 0.3) is 0 Å². The number of hydrogen-bond acceptors (Lipinski definition) is 5. The van der Waals surface area contributed by atoms with Crippen LogP contribution in [0.15, 0.2) is 18.3 Å². The Morgan fingerprint density at radius 1 is 1.14 bits per heavy atom. The van der Waals surface area contributed by atoms with E-state index >= 15 is 0 Å². The SMILES string of the molecule is Cc1cc(C(=O)c2c(C)nn(-c3c(F)c(F)c(C#N)c(F)c3F)c2O)ccn1.[Mn]. The number of carbonyl (C=O) groups excluding carboxylic acids is 1. The molecule has 29 heavy (non-hydrogen) atoms. The van der Waals surface area contributed by atoms with Gasteiger partial charge in [-0.1, -0.05) is 0 Å². The van der Waals surface area contributed by atoms with E-state index < -0.39 is 51.7 Å². The predicted octanol–water partition coefficient (Wildman–Crippen LogP) is 3.25. The second-order valence-electron chi connectivity index (χ2n) is 5.80. The molecule has 0 atom stereocenters. The molecule has 0 aliphatic carbocycles. The van der Waals surface area contributed by atoms with Crippen molar-refractivity contribution in [2.24, 2.45) is 0 Å². The zero-order chi connectivity index (χ0) is 20.7. The monoisotopic (exact) mass is 445 g/mol. The van der Waals surface area contributed by atoms with Crippen LogP contribution in [0.1, 0.15) is 32.9 Å². The van der Waals surface area contributed by atoms with Crippen LogP contribution in [0.2, 0.25) is 0 Å². The van der Waals surface area contributed by atoms with Crippen LogP contribution in [0.25, 0.3) is 5.69 Å². The van der Waals surface area contributed by atoms with Gasteiger partial charge in [-0.05, 0) is 26.0 Å². The summed E-state index contributed by atoms with van der Waals surface area (Å²) in [7, 11) is 0. The number of hydrogen-bond donors (Lipinski definition) is 1. The number of nitriles is 1. The first-order valence-electron chi connectivity index (χ1n) is 7.71. The van der Waals surface area contributed by atoms with Gasteiger partial charge in [0.05, 0.1) is 5.69 Å². The Morgan fingerprint density at radius 2 is 1.72 bits per heavy atom. The molecule has 2 aromatic heterocycles. The van der Waals surface area contributed by atoms with Gasteiger partial charge in [0.2, 0.25) is 5.88 Å². The number of aromatic nitrogens is 3. The number of halogens is 4. The standard InChI is InChI=1S/C18H10F4N4O2.Mn/c1-7-5-9(3-4-24-7)17(27)11-8(2)25-26(18(11)28)16-14(21)12(19)10(6-23)13(20)15(16)22;/h3-5,28H,1-2H3;. The van der Waals surface area contributed by atoms with Gasteiger partial charge in [-0.25, -0.2) is 17.6 Å². The normalized spacial score (nSPS) is 10.4. The Labute approximate surface area is 171 Å². The van der Waals surface area contributed by atoms with E-state index in [1.165, 1.54) is 25.3 Å². The van der Waals surface area contributed by atoms with E-state index in [0.29, 0.717) is 5.69 Å². The quantitative estimate of drug-likeness (QED) is 0.289. The van der Waals surface area contributed by atoms with E-state index in [2.05, 4.69) is 10.1 Å². The van der Waals surface area contributed by atoms with Crippen LogP contribution in [0, 0.1) is 48.4 Å².